The quantitative estimate of drug-likeness (QED) is 0.743. The second kappa shape index (κ2) is 8.32. The van der Waals surface area contributed by atoms with E-state index in [0.29, 0.717) is 19.5 Å². The van der Waals surface area contributed by atoms with Crippen molar-refractivity contribution in [3.63, 3.8) is 0 Å². The van der Waals surface area contributed by atoms with Crippen molar-refractivity contribution < 1.29 is 18.9 Å². The predicted molar refractivity (Wildman–Crippen MR) is 90.6 cm³/mol. The second-order valence-electron chi connectivity index (χ2n) is 5.12. The van der Waals surface area contributed by atoms with Crippen molar-refractivity contribution in [3.05, 3.63) is 48.0 Å². The number of para-hydroxylation sites is 2. The van der Waals surface area contributed by atoms with E-state index >= 15 is 0 Å². The third-order valence-corrected chi connectivity index (χ3v) is 3.34. The normalized spacial score (nSPS) is 12.9. The first-order valence-corrected chi connectivity index (χ1v) is 7.98. The monoisotopic (exact) mass is 316 g/mol. The van der Waals surface area contributed by atoms with E-state index in [1.54, 1.807) is 0 Å². The SMILES string of the molecule is CC.CC(C)c1ccc2c(c1)OCO2.c1ccc2c(c1)OCO2. The molecule has 0 atom stereocenters. The van der Waals surface area contributed by atoms with Crippen molar-refractivity contribution in [2.45, 2.75) is 33.6 Å². The molecule has 4 nitrogen and oxygen atoms in total. The molecular weight excluding hydrogens is 292 g/mol. The van der Waals surface area contributed by atoms with Crippen LogP contribution in [0.3, 0.4) is 0 Å². The summed E-state index contributed by atoms with van der Waals surface area (Å²) in [5.41, 5.74) is 1.29. The Balaban J connectivity index is 0.000000155. The smallest absolute Gasteiger partial charge is 0.231 e. The Bertz CT molecular complexity index is 600. The molecule has 0 radical (unpaired) electrons. The molecule has 2 aromatic carbocycles. The van der Waals surface area contributed by atoms with E-state index in [9.17, 15) is 0 Å². The van der Waals surface area contributed by atoms with Crippen molar-refractivity contribution in [1.29, 1.82) is 0 Å². The summed E-state index contributed by atoms with van der Waals surface area (Å²) >= 11 is 0. The van der Waals surface area contributed by atoms with Crippen molar-refractivity contribution in [2.24, 2.45) is 0 Å². The Morgan fingerprint density at radius 3 is 1.70 bits per heavy atom. The fraction of sp³-hybridized carbons (Fsp3) is 0.368. The number of hydrogen-bond donors (Lipinski definition) is 0. The molecule has 0 saturated heterocycles. The zero-order chi connectivity index (χ0) is 16.7. The first kappa shape index (κ1) is 17.0. The van der Waals surface area contributed by atoms with Crippen LogP contribution in [-0.4, -0.2) is 13.6 Å². The summed E-state index contributed by atoms with van der Waals surface area (Å²) in [6.07, 6.45) is 0. The third-order valence-electron chi connectivity index (χ3n) is 3.34. The highest BCUT2D eigenvalue weighted by Gasteiger charge is 2.13. The van der Waals surface area contributed by atoms with E-state index in [4.69, 9.17) is 18.9 Å². The van der Waals surface area contributed by atoms with Crippen LogP contribution in [-0.2, 0) is 0 Å². The van der Waals surface area contributed by atoms with Gasteiger partial charge in [0.05, 0.1) is 0 Å². The maximum absolute atomic E-state index is 5.27. The summed E-state index contributed by atoms with van der Waals surface area (Å²) in [5.74, 6) is 3.97. The molecule has 0 saturated carbocycles. The van der Waals surface area contributed by atoms with Gasteiger partial charge in [-0.1, -0.05) is 45.9 Å². The molecule has 0 aliphatic carbocycles. The molecule has 0 N–H and O–H groups in total. The molecule has 2 aromatic rings. The van der Waals surface area contributed by atoms with E-state index in [1.165, 1.54) is 5.56 Å². The summed E-state index contributed by atoms with van der Waals surface area (Å²) in [5, 5.41) is 0. The average molecular weight is 316 g/mol. The van der Waals surface area contributed by atoms with Gasteiger partial charge in [-0.3, -0.25) is 0 Å². The minimum absolute atomic E-state index is 0.358. The summed E-state index contributed by atoms with van der Waals surface area (Å²) in [4.78, 5) is 0. The van der Waals surface area contributed by atoms with Gasteiger partial charge in [-0.15, -0.1) is 0 Å². The number of fused-ring (bicyclic) bond motifs is 2. The number of rotatable bonds is 1. The van der Waals surface area contributed by atoms with Gasteiger partial charge in [0.25, 0.3) is 0 Å². The first-order valence-electron chi connectivity index (χ1n) is 7.98. The van der Waals surface area contributed by atoms with Crippen molar-refractivity contribution in [3.8, 4) is 23.0 Å². The first-order chi connectivity index (χ1) is 11.2. The molecule has 2 aliphatic rings. The largest absolute Gasteiger partial charge is 0.454 e. The van der Waals surface area contributed by atoms with Gasteiger partial charge in [-0.2, -0.15) is 0 Å². The molecule has 2 aliphatic heterocycles. The van der Waals surface area contributed by atoms with E-state index in [1.807, 2.05) is 50.2 Å². The van der Waals surface area contributed by atoms with Gasteiger partial charge >= 0.3 is 0 Å². The summed E-state index contributed by atoms with van der Waals surface area (Å²) in [7, 11) is 0. The van der Waals surface area contributed by atoms with Crippen LogP contribution in [0, 0.1) is 0 Å². The van der Waals surface area contributed by atoms with Gasteiger partial charge in [0.1, 0.15) is 0 Å². The lowest BCUT2D eigenvalue weighted by atomic mass is 10.0. The van der Waals surface area contributed by atoms with E-state index < -0.39 is 0 Å². The highest BCUT2D eigenvalue weighted by atomic mass is 16.7. The standard InChI is InChI=1S/C10H12O2.C7H6O2.C2H6/c1-7(2)8-3-4-9-10(5-8)12-6-11-9;1-2-4-7-6(3-1)8-5-9-7;1-2/h3-5,7H,6H2,1-2H3;1-4H,5H2;1-2H3. The van der Waals surface area contributed by atoms with Crippen LogP contribution in [0.4, 0.5) is 0 Å². The van der Waals surface area contributed by atoms with E-state index in [0.717, 1.165) is 23.0 Å². The Morgan fingerprint density at radius 1 is 0.696 bits per heavy atom. The van der Waals surface area contributed by atoms with Crippen LogP contribution < -0.4 is 18.9 Å². The van der Waals surface area contributed by atoms with Gasteiger partial charge in [-0.25, -0.2) is 0 Å². The van der Waals surface area contributed by atoms with Crippen molar-refractivity contribution >= 4 is 0 Å². The van der Waals surface area contributed by atoms with Gasteiger partial charge in [-0.05, 0) is 35.7 Å². The highest BCUT2D eigenvalue weighted by molar-refractivity contribution is 5.45. The lowest BCUT2D eigenvalue weighted by Crippen LogP contribution is -1.93. The van der Waals surface area contributed by atoms with Crippen LogP contribution >= 0.6 is 0 Å². The van der Waals surface area contributed by atoms with Gasteiger partial charge in [0, 0.05) is 0 Å². The molecule has 124 valence electrons. The predicted octanol–water partition coefficient (Wildman–Crippen LogP) is 4.98. The topological polar surface area (TPSA) is 36.9 Å². The van der Waals surface area contributed by atoms with Crippen LogP contribution in [0.2, 0.25) is 0 Å². The molecule has 23 heavy (non-hydrogen) atoms. The molecule has 0 spiro atoms. The molecule has 0 amide bonds. The van der Waals surface area contributed by atoms with E-state index in [2.05, 4.69) is 19.9 Å². The average Bonchev–Trinajstić information content (AvgIpc) is 3.25. The third kappa shape index (κ3) is 4.31. The molecule has 0 aromatic heterocycles. The zero-order valence-corrected chi connectivity index (χ0v) is 14.2. The fourth-order valence-electron chi connectivity index (χ4n) is 2.12. The second-order valence-corrected chi connectivity index (χ2v) is 5.12. The summed E-state index contributed by atoms with van der Waals surface area (Å²) < 4.78 is 20.6. The Hall–Kier alpha value is -2.36. The Labute approximate surface area is 137 Å². The lowest BCUT2D eigenvalue weighted by Gasteiger charge is -2.05. The number of ether oxygens (including phenoxy) is 4. The number of hydrogen-bond acceptors (Lipinski definition) is 4. The molecule has 4 heteroatoms. The molecule has 0 fully saturated rings. The van der Waals surface area contributed by atoms with Crippen LogP contribution in [0.1, 0.15) is 39.2 Å². The molecule has 0 bridgehead atoms. The van der Waals surface area contributed by atoms with Crippen LogP contribution in [0.5, 0.6) is 23.0 Å². The molecular formula is C19H24O4. The minimum atomic E-state index is 0.358. The Kier molecular flexibility index (Phi) is 6.15. The molecule has 2 heterocycles. The fourth-order valence-corrected chi connectivity index (χ4v) is 2.12. The van der Waals surface area contributed by atoms with Crippen molar-refractivity contribution in [1.82, 2.24) is 0 Å². The minimum Gasteiger partial charge on any atom is -0.454 e. The maximum atomic E-state index is 5.27. The Morgan fingerprint density at radius 2 is 1.17 bits per heavy atom. The van der Waals surface area contributed by atoms with Gasteiger partial charge in [0.15, 0.2) is 23.0 Å². The van der Waals surface area contributed by atoms with Crippen LogP contribution in [0.15, 0.2) is 42.5 Å². The maximum Gasteiger partial charge on any atom is 0.231 e. The highest BCUT2D eigenvalue weighted by Crippen LogP contribution is 2.34. The summed E-state index contributed by atoms with van der Waals surface area (Å²) in [6.45, 7) is 9.05. The van der Waals surface area contributed by atoms with Gasteiger partial charge < -0.3 is 18.9 Å². The lowest BCUT2D eigenvalue weighted by molar-refractivity contribution is 0.173. The van der Waals surface area contributed by atoms with Crippen molar-refractivity contribution in [2.75, 3.05) is 13.6 Å². The summed E-state index contributed by atoms with van der Waals surface area (Å²) in [6, 6.07) is 13.7. The zero-order valence-electron chi connectivity index (χ0n) is 14.2. The molecule has 4 rings (SSSR count). The van der Waals surface area contributed by atoms with E-state index in [-0.39, 0.29) is 0 Å². The van der Waals surface area contributed by atoms with Gasteiger partial charge in [0.2, 0.25) is 13.6 Å². The van der Waals surface area contributed by atoms with Crippen LogP contribution in [0.25, 0.3) is 0 Å². The number of benzene rings is 2. The molecule has 0 unspecified atom stereocenters.